The van der Waals surface area contributed by atoms with Crippen LogP contribution in [0.25, 0.3) is 0 Å². The topological polar surface area (TPSA) is 67.9 Å². The van der Waals surface area contributed by atoms with Gasteiger partial charge in [-0.1, -0.05) is 32.8 Å². The number of ether oxygens (including phenoxy) is 2. The Morgan fingerprint density at radius 2 is 1.93 bits per heavy atom. The van der Waals surface area contributed by atoms with Crippen molar-refractivity contribution in [2.45, 2.75) is 70.9 Å². The van der Waals surface area contributed by atoms with E-state index in [2.05, 4.69) is 19.2 Å². The van der Waals surface area contributed by atoms with Crippen LogP contribution in [0.15, 0.2) is 18.2 Å². The van der Waals surface area contributed by atoms with Gasteiger partial charge in [0.15, 0.2) is 11.5 Å². The largest absolute Gasteiger partial charge is 0.493 e. The van der Waals surface area contributed by atoms with E-state index in [0.717, 1.165) is 18.4 Å². The summed E-state index contributed by atoms with van der Waals surface area (Å²) >= 11 is 0. The van der Waals surface area contributed by atoms with E-state index in [-0.39, 0.29) is 17.9 Å². The summed E-state index contributed by atoms with van der Waals surface area (Å²) in [5, 5.41) is 3.29. The summed E-state index contributed by atoms with van der Waals surface area (Å²) in [7, 11) is 3.22. The lowest BCUT2D eigenvalue weighted by Crippen LogP contribution is -2.58. The minimum atomic E-state index is -0.784. The first kappa shape index (κ1) is 22.4. The molecule has 1 aliphatic heterocycles. The maximum absolute atomic E-state index is 13.3. The average molecular weight is 417 g/mol. The van der Waals surface area contributed by atoms with E-state index in [9.17, 15) is 9.59 Å². The highest BCUT2D eigenvalue weighted by molar-refractivity contribution is 5.94. The third-order valence-electron chi connectivity index (χ3n) is 7.31. The Kier molecular flexibility index (Phi) is 6.94. The van der Waals surface area contributed by atoms with Crippen molar-refractivity contribution in [1.29, 1.82) is 0 Å². The van der Waals surface area contributed by atoms with E-state index in [0.29, 0.717) is 49.1 Å². The number of amides is 2. The number of likely N-dealkylation sites (tertiary alicyclic amines) is 1. The molecule has 1 N–H and O–H groups in total. The summed E-state index contributed by atoms with van der Waals surface area (Å²) in [5.41, 5.74) is 0.262. The Hall–Kier alpha value is -2.24. The van der Waals surface area contributed by atoms with Crippen molar-refractivity contribution in [3.8, 4) is 11.5 Å². The van der Waals surface area contributed by atoms with Crippen LogP contribution in [0.4, 0.5) is 0 Å². The van der Waals surface area contributed by atoms with Crippen LogP contribution in [-0.2, 0) is 16.0 Å². The van der Waals surface area contributed by atoms with Gasteiger partial charge in [-0.15, -0.1) is 0 Å². The van der Waals surface area contributed by atoms with Crippen molar-refractivity contribution in [3.63, 3.8) is 0 Å². The second-order valence-corrected chi connectivity index (χ2v) is 9.11. The highest BCUT2D eigenvalue weighted by Crippen LogP contribution is 2.34. The Morgan fingerprint density at radius 3 is 2.63 bits per heavy atom. The van der Waals surface area contributed by atoms with Crippen molar-refractivity contribution < 1.29 is 19.1 Å². The molecule has 6 heteroatoms. The predicted octanol–water partition coefficient (Wildman–Crippen LogP) is 3.57. The molecule has 166 valence electrons. The van der Waals surface area contributed by atoms with Crippen molar-refractivity contribution in [2.75, 3.05) is 20.8 Å². The first-order valence-electron chi connectivity index (χ1n) is 11.1. The first-order chi connectivity index (χ1) is 14.3. The third kappa shape index (κ3) is 4.42. The second-order valence-electron chi connectivity index (χ2n) is 9.11. The van der Waals surface area contributed by atoms with Gasteiger partial charge in [0.25, 0.3) is 0 Å². The predicted molar refractivity (Wildman–Crippen MR) is 117 cm³/mol. The standard InChI is InChI=1S/C24H36N2O4/c1-16-7-6-8-19(17(16)2)25-23(28)24(3)13-11-22(27)26(24)14-12-18-9-10-20(29-4)21(15-18)30-5/h9-10,15-17,19H,6-8,11-14H2,1-5H3,(H,25,28)/t16-,17-,19-,24-/m1/s1. The van der Waals surface area contributed by atoms with Gasteiger partial charge in [-0.05, 0) is 55.7 Å². The van der Waals surface area contributed by atoms with Crippen LogP contribution in [0.5, 0.6) is 11.5 Å². The number of methoxy groups -OCH3 is 2. The number of carbonyl (C=O) groups is 2. The number of nitrogens with one attached hydrogen (secondary N) is 1. The molecule has 0 unspecified atom stereocenters. The fraction of sp³-hybridized carbons (Fsp3) is 0.667. The minimum absolute atomic E-state index is 0.00777. The molecule has 2 amide bonds. The molecule has 1 aromatic rings. The van der Waals surface area contributed by atoms with E-state index in [1.807, 2.05) is 25.1 Å². The lowest BCUT2D eigenvalue weighted by Gasteiger charge is -2.39. The smallest absolute Gasteiger partial charge is 0.245 e. The Balaban J connectivity index is 1.69. The molecule has 30 heavy (non-hydrogen) atoms. The first-order valence-corrected chi connectivity index (χ1v) is 11.1. The molecule has 4 atom stereocenters. The van der Waals surface area contributed by atoms with Gasteiger partial charge in [0.2, 0.25) is 11.8 Å². The van der Waals surface area contributed by atoms with Gasteiger partial charge in [0.1, 0.15) is 5.54 Å². The summed E-state index contributed by atoms with van der Waals surface area (Å²) in [6.07, 6.45) is 5.04. The lowest BCUT2D eigenvalue weighted by molar-refractivity contribution is -0.141. The zero-order valence-electron chi connectivity index (χ0n) is 19.0. The molecule has 1 saturated carbocycles. The molecule has 1 aliphatic carbocycles. The molecule has 1 heterocycles. The normalized spacial score (nSPS) is 29.0. The monoisotopic (exact) mass is 416 g/mol. The molecule has 2 fully saturated rings. The van der Waals surface area contributed by atoms with Crippen LogP contribution in [-0.4, -0.2) is 49.1 Å². The van der Waals surface area contributed by atoms with Crippen molar-refractivity contribution >= 4 is 11.8 Å². The van der Waals surface area contributed by atoms with Crippen molar-refractivity contribution in [1.82, 2.24) is 10.2 Å². The summed E-state index contributed by atoms with van der Waals surface area (Å²) in [6.45, 7) is 6.92. The number of rotatable bonds is 7. The highest BCUT2D eigenvalue weighted by atomic mass is 16.5. The van der Waals surface area contributed by atoms with Crippen LogP contribution < -0.4 is 14.8 Å². The Labute approximate surface area is 180 Å². The molecule has 3 rings (SSSR count). The van der Waals surface area contributed by atoms with E-state index in [1.165, 1.54) is 6.42 Å². The maximum atomic E-state index is 13.3. The molecule has 0 radical (unpaired) electrons. The molecule has 1 saturated heterocycles. The number of nitrogens with zero attached hydrogens (tertiary/aromatic N) is 1. The molecule has 2 aliphatic rings. The molecule has 0 spiro atoms. The van der Waals surface area contributed by atoms with Crippen molar-refractivity contribution in [3.05, 3.63) is 23.8 Å². The van der Waals surface area contributed by atoms with Crippen LogP contribution in [0.2, 0.25) is 0 Å². The SMILES string of the molecule is COc1ccc(CCN2C(=O)CC[C@]2(C)C(=O)N[C@@H]2CCC[C@@H](C)[C@H]2C)cc1OC. The highest BCUT2D eigenvalue weighted by Gasteiger charge is 2.47. The fourth-order valence-electron chi connectivity index (χ4n) is 4.89. The fourth-order valence-corrected chi connectivity index (χ4v) is 4.89. The molecule has 6 nitrogen and oxygen atoms in total. The van der Waals surface area contributed by atoms with Gasteiger partial charge in [0.05, 0.1) is 14.2 Å². The zero-order chi connectivity index (χ0) is 21.9. The summed E-state index contributed by atoms with van der Waals surface area (Å²) in [4.78, 5) is 27.7. The molecule has 0 aromatic heterocycles. The maximum Gasteiger partial charge on any atom is 0.245 e. The zero-order valence-corrected chi connectivity index (χ0v) is 19.0. The molecular weight excluding hydrogens is 380 g/mol. The van der Waals surface area contributed by atoms with Crippen LogP contribution in [0.3, 0.4) is 0 Å². The number of benzene rings is 1. The van der Waals surface area contributed by atoms with E-state index in [4.69, 9.17) is 9.47 Å². The van der Waals surface area contributed by atoms with Gasteiger partial charge in [-0.25, -0.2) is 0 Å². The third-order valence-corrected chi connectivity index (χ3v) is 7.31. The van der Waals surface area contributed by atoms with Gasteiger partial charge >= 0.3 is 0 Å². The lowest BCUT2D eigenvalue weighted by atomic mass is 9.77. The number of carbonyl (C=O) groups excluding carboxylic acids is 2. The van der Waals surface area contributed by atoms with Crippen LogP contribution >= 0.6 is 0 Å². The molecular formula is C24H36N2O4. The molecule has 0 bridgehead atoms. The molecule has 1 aromatic carbocycles. The summed E-state index contributed by atoms with van der Waals surface area (Å²) in [6, 6.07) is 5.98. The van der Waals surface area contributed by atoms with Crippen LogP contribution in [0, 0.1) is 11.8 Å². The van der Waals surface area contributed by atoms with E-state index in [1.54, 1.807) is 19.1 Å². The number of hydrogen-bond acceptors (Lipinski definition) is 4. The quantitative estimate of drug-likeness (QED) is 0.738. The van der Waals surface area contributed by atoms with Gasteiger partial charge in [-0.3, -0.25) is 9.59 Å². The van der Waals surface area contributed by atoms with Crippen molar-refractivity contribution in [2.24, 2.45) is 11.8 Å². The Morgan fingerprint density at radius 1 is 1.20 bits per heavy atom. The van der Waals surface area contributed by atoms with E-state index >= 15 is 0 Å². The summed E-state index contributed by atoms with van der Waals surface area (Å²) in [5.74, 6) is 2.47. The van der Waals surface area contributed by atoms with E-state index < -0.39 is 5.54 Å². The average Bonchev–Trinajstić information content (AvgIpc) is 3.04. The second kappa shape index (κ2) is 9.27. The van der Waals surface area contributed by atoms with Gasteiger partial charge in [0, 0.05) is 19.0 Å². The number of hydrogen-bond donors (Lipinski definition) is 1. The van der Waals surface area contributed by atoms with Crippen LogP contribution in [0.1, 0.15) is 58.4 Å². The summed E-state index contributed by atoms with van der Waals surface area (Å²) < 4.78 is 10.7. The Bertz CT molecular complexity index is 780. The minimum Gasteiger partial charge on any atom is -0.493 e. The van der Waals surface area contributed by atoms with Gasteiger partial charge < -0.3 is 19.7 Å². The van der Waals surface area contributed by atoms with Gasteiger partial charge in [-0.2, -0.15) is 0 Å².